The summed E-state index contributed by atoms with van der Waals surface area (Å²) in [4.78, 5) is 29.5. The van der Waals surface area contributed by atoms with Crippen LogP contribution in [0.15, 0.2) is 23.4 Å². The van der Waals surface area contributed by atoms with Gasteiger partial charge in [-0.15, -0.1) is 11.8 Å². The van der Waals surface area contributed by atoms with E-state index in [2.05, 4.69) is 9.72 Å². The third-order valence-electron chi connectivity index (χ3n) is 2.47. The number of esters is 1. The number of methoxy groups -OCH3 is 1. The minimum atomic E-state index is -0.318. The predicted octanol–water partition coefficient (Wildman–Crippen LogP) is 1.08. The van der Waals surface area contributed by atoms with Crippen molar-refractivity contribution in [3.63, 3.8) is 0 Å². The number of anilines is 1. The predicted molar refractivity (Wildman–Crippen MR) is 63.9 cm³/mol. The van der Waals surface area contributed by atoms with E-state index in [9.17, 15) is 9.59 Å². The van der Waals surface area contributed by atoms with Crippen molar-refractivity contribution in [1.82, 2.24) is 4.98 Å². The van der Waals surface area contributed by atoms with Gasteiger partial charge in [0.15, 0.2) is 0 Å². The average molecular weight is 252 g/mol. The Morgan fingerprint density at radius 2 is 2.47 bits per heavy atom. The van der Waals surface area contributed by atoms with Gasteiger partial charge in [-0.05, 0) is 6.07 Å². The molecule has 2 heterocycles. The second kappa shape index (κ2) is 5.18. The summed E-state index contributed by atoms with van der Waals surface area (Å²) in [6, 6.07) is 1.87. The Morgan fingerprint density at radius 3 is 3.24 bits per heavy atom. The summed E-state index contributed by atoms with van der Waals surface area (Å²) in [7, 11) is 1.34. The maximum atomic E-state index is 11.8. The summed E-state index contributed by atoms with van der Waals surface area (Å²) in [5, 5.41) is 0. The fourth-order valence-corrected chi connectivity index (χ4v) is 2.50. The number of ether oxygens (including phenoxy) is 1. The van der Waals surface area contributed by atoms with Gasteiger partial charge in [-0.1, -0.05) is 0 Å². The number of aromatic nitrogens is 1. The molecular formula is C11H12N2O3S. The molecule has 1 amide bonds. The van der Waals surface area contributed by atoms with Crippen LogP contribution in [-0.4, -0.2) is 36.3 Å². The summed E-state index contributed by atoms with van der Waals surface area (Å²) >= 11 is 1.49. The molecule has 0 aliphatic carbocycles. The summed E-state index contributed by atoms with van der Waals surface area (Å²) in [5.74, 6) is 0.0823. The molecule has 90 valence electrons. The lowest BCUT2D eigenvalue weighted by Gasteiger charge is -2.27. The zero-order valence-corrected chi connectivity index (χ0v) is 10.2. The SMILES string of the molecule is COC(=O)CCN1C(=O)CSc2ccncc21. The molecule has 0 aromatic carbocycles. The molecule has 0 saturated heterocycles. The van der Waals surface area contributed by atoms with E-state index < -0.39 is 0 Å². The van der Waals surface area contributed by atoms with E-state index in [0.29, 0.717) is 12.3 Å². The third kappa shape index (κ3) is 2.58. The van der Waals surface area contributed by atoms with Crippen molar-refractivity contribution >= 4 is 29.3 Å². The van der Waals surface area contributed by atoms with Crippen molar-refractivity contribution < 1.29 is 14.3 Å². The van der Waals surface area contributed by atoms with E-state index in [-0.39, 0.29) is 18.3 Å². The molecule has 1 aromatic heterocycles. The Bertz CT molecular complexity index is 450. The normalized spacial score (nSPS) is 14.4. The van der Waals surface area contributed by atoms with E-state index in [4.69, 9.17) is 0 Å². The van der Waals surface area contributed by atoms with Crippen LogP contribution in [0.5, 0.6) is 0 Å². The number of fused-ring (bicyclic) bond motifs is 1. The highest BCUT2D eigenvalue weighted by atomic mass is 32.2. The Kier molecular flexibility index (Phi) is 3.63. The molecule has 0 N–H and O–H groups in total. The number of rotatable bonds is 3. The minimum absolute atomic E-state index is 0.000553. The van der Waals surface area contributed by atoms with Gasteiger partial charge in [0.1, 0.15) is 0 Å². The van der Waals surface area contributed by atoms with Gasteiger partial charge in [0, 0.05) is 17.6 Å². The van der Waals surface area contributed by atoms with E-state index in [0.717, 1.165) is 10.6 Å². The van der Waals surface area contributed by atoms with Crippen LogP contribution in [0.2, 0.25) is 0 Å². The van der Waals surface area contributed by atoms with Gasteiger partial charge in [-0.2, -0.15) is 0 Å². The largest absolute Gasteiger partial charge is 0.469 e. The number of pyridine rings is 1. The van der Waals surface area contributed by atoms with Crippen molar-refractivity contribution in [3.05, 3.63) is 18.5 Å². The first-order valence-electron chi connectivity index (χ1n) is 5.16. The van der Waals surface area contributed by atoms with Gasteiger partial charge < -0.3 is 9.64 Å². The van der Waals surface area contributed by atoms with Crippen LogP contribution in [-0.2, 0) is 14.3 Å². The second-order valence-electron chi connectivity index (χ2n) is 3.50. The quantitative estimate of drug-likeness (QED) is 0.753. The zero-order chi connectivity index (χ0) is 12.3. The zero-order valence-electron chi connectivity index (χ0n) is 9.38. The molecule has 6 heteroatoms. The summed E-state index contributed by atoms with van der Waals surface area (Å²) in [6.45, 7) is 0.338. The Labute approximate surface area is 103 Å². The maximum Gasteiger partial charge on any atom is 0.307 e. The van der Waals surface area contributed by atoms with Crippen LogP contribution < -0.4 is 4.90 Å². The second-order valence-corrected chi connectivity index (χ2v) is 4.52. The fraction of sp³-hybridized carbons (Fsp3) is 0.364. The molecule has 0 bridgehead atoms. The molecule has 0 atom stereocenters. The smallest absolute Gasteiger partial charge is 0.307 e. The standard InChI is InChI=1S/C11H12N2O3S/c1-16-11(15)3-5-13-8-6-12-4-2-9(8)17-7-10(13)14/h2,4,6H,3,5,7H2,1H3. The first kappa shape index (κ1) is 11.9. The summed E-state index contributed by atoms with van der Waals surface area (Å²) in [6.07, 6.45) is 3.54. The number of carbonyl (C=O) groups is 2. The van der Waals surface area contributed by atoms with E-state index >= 15 is 0 Å². The van der Waals surface area contributed by atoms with Crippen molar-refractivity contribution in [2.45, 2.75) is 11.3 Å². The van der Waals surface area contributed by atoms with Crippen LogP contribution in [0.3, 0.4) is 0 Å². The van der Waals surface area contributed by atoms with Crippen LogP contribution in [0.4, 0.5) is 5.69 Å². The number of thioether (sulfide) groups is 1. The topological polar surface area (TPSA) is 59.5 Å². The number of hydrogen-bond acceptors (Lipinski definition) is 5. The molecule has 2 rings (SSSR count). The molecule has 1 aromatic rings. The minimum Gasteiger partial charge on any atom is -0.469 e. The highest BCUT2D eigenvalue weighted by molar-refractivity contribution is 8.00. The molecule has 5 nitrogen and oxygen atoms in total. The van der Waals surface area contributed by atoms with Gasteiger partial charge in [-0.3, -0.25) is 14.6 Å². The molecule has 0 fully saturated rings. The van der Waals surface area contributed by atoms with Crippen molar-refractivity contribution in [3.8, 4) is 0 Å². The number of nitrogens with zero attached hydrogens (tertiary/aromatic N) is 2. The molecule has 1 aliphatic rings. The van der Waals surface area contributed by atoms with Crippen molar-refractivity contribution in [1.29, 1.82) is 0 Å². The van der Waals surface area contributed by atoms with Crippen LogP contribution in [0, 0.1) is 0 Å². The number of amides is 1. The first-order chi connectivity index (χ1) is 8.22. The lowest BCUT2D eigenvalue weighted by Crippen LogP contribution is -2.37. The third-order valence-corrected chi connectivity index (χ3v) is 3.52. The molecule has 0 radical (unpaired) electrons. The van der Waals surface area contributed by atoms with Gasteiger partial charge >= 0.3 is 5.97 Å². The summed E-state index contributed by atoms with van der Waals surface area (Å²) in [5.41, 5.74) is 0.776. The van der Waals surface area contributed by atoms with Crippen molar-refractivity contribution in [2.75, 3.05) is 24.3 Å². The Morgan fingerprint density at radius 1 is 1.65 bits per heavy atom. The molecule has 17 heavy (non-hydrogen) atoms. The Balaban J connectivity index is 2.15. The van der Waals surface area contributed by atoms with Gasteiger partial charge in [0.2, 0.25) is 5.91 Å². The fourth-order valence-electron chi connectivity index (χ4n) is 1.60. The van der Waals surface area contributed by atoms with E-state index in [1.165, 1.54) is 18.9 Å². The van der Waals surface area contributed by atoms with Gasteiger partial charge in [-0.25, -0.2) is 0 Å². The first-order valence-corrected chi connectivity index (χ1v) is 6.15. The molecule has 1 aliphatic heterocycles. The van der Waals surface area contributed by atoms with Crippen LogP contribution in [0.1, 0.15) is 6.42 Å². The Hall–Kier alpha value is -1.56. The maximum absolute atomic E-state index is 11.8. The average Bonchev–Trinajstić information content (AvgIpc) is 2.37. The van der Waals surface area contributed by atoms with Gasteiger partial charge in [0.25, 0.3) is 0 Å². The molecule has 0 unspecified atom stereocenters. The molecule has 0 saturated carbocycles. The summed E-state index contributed by atoms with van der Waals surface area (Å²) < 4.78 is 4.57. The monoisotopic (exact) mass is 252 g/mol. The number of carbonyl (C=O) groups excluding carboxylic acids is 2. The lowest BCUT2D eigenvalue weighted by molar-refractivity contribution is -0.140. The molecule has 0 spiro atoms. The highest BCUT2D eigenvalue weighted by Crippen LogP contribution is 2.34. The van der Waals surface area contributed by atoms with Crippen molar-refractivity contribution in [2.24, 2.45) is 0 Å². The van der Waals surface area contributed by atoms with Gasteiger partial charge in [0.05, 0.1) is 31.2 Å². The lowest BCUT2D eigenvalue weighted by atomic mass is 10.3. The van der Waals surface area contributed by atoms with E-state index in [1.807, 2.05) is 6.07 Å². The van der Waals surface area contributed by atoms with Crippen LogP contribution in [0.25, 0.3) is 0 Å². The highest BCUT2D eigenvalue weighted by Gasteiger charge is 2.25. The van der Waals surface area contributed by atoms with E-state index in [1.54, 1.807) is 17.3 Å². The van der Waals surface area contributed by atoms with Crippen LogP contribution >= 0.6 is 11.8 Å². The number of hydrogen-bond donors (Lipinski definition) is 0. The molecular weight excluding hydrogens is 240 g/mol.